The molecule has 0 fully saturated rings. The van der Waals surface area contributed by atoms with Crippen LogP contribution in [0.1, 0.15) is 11.7 Å². The molecule has 2 nitrogen and oxygen atoms in total. The number of aliphatic hydroxyl groups excluding tert-OH is 1. The van der Waals surface area contributed by atoms with Gasteiger partial charge in [-0.25, -0.2) is 0 Å². The molecular formula is C14H16O2S. The number of benzene rings is 2. The summed E-state index contributed by atoms with van der Waals surface area (Å²) in [5, 5.41) is 12.2. The van der Waals surface area contributed by atoms with Crippen molar-refractivity contribution in [3.05, 3.63) is 42.0 Å². The van der Waals surface area contributed by atoms with E-state index in [0.29, 0.717) is 0 Å². The number of methoxy groups -OCH3 is 1. The summed E-state index contributed by atoms with van der Waals surface area (Å²) >= 11 is 1.65. The standard InChI is InChI=1S/C14H16O2S/c1-16-13-6-5-10-7-12(14(15)9-17-2)4-3-11(10)8-13/h3-8,14-15H,9H2,1-2H3. The van der Waals surface area contributed by atoms with Crippen LogP contribution in [0.4, 0.5) is 0 Å². The second kappa shape index (κ2) is 5.43. The van der Waals surface area contributed by atoms with Gasteiger partial charge in [-0.05, 0) is 40.8 Å². The Morgan fingerprint density at radius 2 is 1.88 bits per heavy atom. The van der Waals surface area contributed by atoms with Crippen LogP contribution in [0.25, 0.3) is 10.8 Å². The minimum Gasteiger partial charge on any atom is -0.497 e. The molecule has 0 saturated carbocycles. The van der Waals surface area contributed by atoms with Gasteiger partial charge in [-0.2, -0.15) is 11.8 Å². The SMILES string of the molecule is COc1ccc2cc(C(O)CSC)ccc2c1. The second-order valence-electron chi connectivity index (χ2n) is 3.94. The van der Waals surface area contributed by atoms with E-state index in [0.717, 1.165) is 27.8 Å². The van der Waals surface area contributed by atoms with E-state index in [4.69, 9.17) is 4.74 Å². The molecule has 0 bridgehead atoms. The first kappa shape index (κ1) is 12.3. The zero-order valence-electron chi connectivity index (χ0n) is 10.0. The molecule has 0 saturated heterocycles. The molecule has 0 aliphatic heterocycles. The van der Waals surface area contributed by atoms with Crippen molar-refractivity contribution in [1.29, 1.82) is 0 Å². The van der Waals surface area contributed by atoms with Crippen LogP contribution in [0.15, 0.2) is 36.4 Å². The van der Waals surface area contributed by atoms with Crippen molar-refractivity contribution in [3.63, 3.8) is 0 Å². The molecule has 2 rings (SSSR count). The lowest BCUT2D eigenvalue weighted by Gasteiger charge is -2.10. The lowest BCUT2D eigenvalue weighted by molar-refractivity contribution is 0.204. The Bertz CT molecular complexity index is 511. The largest absolute Gasteiger partial charge is 0.497 e. The maximum Gasteiger partial charge on any atom is 0.119 e. The first-order valence-electron chi connectivity index (χ1n) is 5.49. The highest BCUT2D eigenvalue weighted by atomic mass is 32.2. The highest BCUT2D eigenvalue weighted by Gasteiger charge is 2.07. The van der Waals surface area contributed by atoms with E-state index in [-0.39, 0.29) is 0 Å². The van der Waals surface area contributed by atoms with Gasteiger partial charge in [0.1, 0.15) is 5.75 Å². The number of hydrogen-bond donors (Lipinski definition) is 1. The Hall–Kier alpha value is -1.19. The van der Waals surface area contributed by atoms with Crippen LogP contribution in [0.3, 0.4) is 0 Å². The maximum absolute atomic E-state index is 9.94. The van der Waals surface area contributed by atoms with Crippen molar-refractivity contribution in [2.24, 2.45) is 0 Å². The van der Waals surface area contributed by atoms with E-state index in [2.05, 4.69) is 0 Å². The van der Waals surface area contributed by atoms with E-state index in [1.165, 1.54) is 0 Å². The Morgan fingerprint density at radius 3 is 2.59 bits per heavy atom. The normalized spacial score (nSPS) is 12.6. The van der Waals surface area contributed by atoms with Crippen LogP contribution in [0.5, 0.6) is 5.75 Å². The number of aliphatic hydroxyl groups is 1. The molecule has 0 aromatic heterocycles. The number of rotatable bonds is 4. The van der Waals surface area contributed by atoms with Crippen LogP contribution >= 0.6 is 11.8 Å². The molecular weight excluding hydrogens is 232 g/mol. The summed E-state index contributed by atoms with van der Waals surface area (Å²) in [6.07, 6.45) is 1.60. The van der Waals surface area contributed by atoms with Crippen molar-refractivity contribution in [1.82, 2.24) is 0 Å². The molecule has 0 heterocycles. The van der Waals surface area contributed by atoms with Crippen LogP contribution in [-0.4, -0.2) is 24.2 Å². The average Bonchev–Trinajstić information content (AvgIpc) is 2.37. The van der Waals surface area contributed by atoms with Gasteiger partial charge in [-0.15, -0.1) is 0 Å². The van der Waals surface area contributed by atoms with Gasteiger partial charge in [0, 0.05) is 5.75 Å². The van der Waals surface area contributed by atoms with Crippen molar-refractivity contribution in [2.45, 2.75) is 6.10 Å². The average molecular weight is 248 g/mol. The van der Waals surface area contributed by atoms with Crippen LogP contribution in [-0.2, 0) is 0 Å². The fourth-order valence-corrected chi connectivity index (χ4v) is 2.34. The molecule has 0 amide bonds. The maximum atomic E-state index is 9.94. The smallest absolute Gasteiger partial charge is 0.119 e. The van der Waals surface area contributed by atoms with Gasteiger partial charge < -0.3 is 9.84 Å². The second-order valence-corrected chi connectivity index (χ2v) is 4.85. The van der Waals surface area contributed by atoms with Gasteiger partial charge in [0.15, 0.2) is 0 Å². The fourth-order valence-electron chi connectivity index (χ4n) is 1.83. The summed E-state index contributed by atoms with van der Waals surface area (Å²) in [6, 6.07) is 12.0. The van der Waals surface area contributed by atoms with Crippen LogP contribution in [0, 0.1) is 0 Å². The predicted molar refractivity (Wildman–Crippen MR) is 73.8 cm³/mol. The first-order valence-corrected chi connectivity index (χ1v) is 6.88. The zero-order valence-corrected chi connectivity index (χ0v) is 10.8. The number of fused-ring (bicyclic) bond motifs is 1. The summed E-state index contributed by atoms with van der Waals surface area (Å²) in [5.41, 5.74) is 0.969. The molecule has 0 radical (unpaired) electrons. The highest BCUT2D eigenvalue weighted by molar-refractivity contribution is 7.98. The van der Waals surface area contributed by atoms with E-state index in [9.17, 15) is 5.11 Å². The van der Waals surface area contributed by atoms with Gasteiger partial charge in [0.25, 0.3) is 0 Å². The Balaban J connectivity index is 2.37. The van der Waals surface area contributed by atoms with E-state index < -0.39 is 6.10 Å². The molecule has 90 valence electrons. The summed E-state index contributed by atoms with van der Waals surface area (Å²) in [4.78, 5) is 0. The van der Waals surface area contributed by atoms with E-state index in [1.807, 2.05) is 42.7 Å². The number of hydrogen-bond acceptors (Lipinski definition) is 3. The van der Waals surface area contributed by atoms with E-state index in [1.54, 1.807) is 18.9 Å². The van der Waals surface area contributed by atoms with Gasteiger partial charge in [0.2, 0.25) is 0 Å². The number of thioether (sulfide) groups is 1. The Morgan fingerprint density at radius 1 is 1.18 bits per heavy atom. The van der Waals surface area contributed by atoms with Crippen molar-refractivity contribution >= 4 is 22.5 Å². The van der Waals surface area contributed by atoms with Crippen LogP contribution < -0.4 is 4.74 Å². The lowest BCUT2D eigenvalue weighted by atomic mass is 10.0. The molecule has 1 unspecified atom stereocenters. The Labute approximate surface area is 106 Å². The molecule has 1 N–H and O–H groups in total. The highest BCUT2D eigenvalue weighted by Crippen LogP contribution is 2.25. The Kier molecular flexibility index (Phi) is 3.92. The molecule has 2 aromatic rings. The molecule has 0 aliphatic rings. The van der Waals surface area contributed by atoms with Gasteiger partial charge >= 0.3 is 0 Å². The molecule has 0 aliphatic carbocycles. The van der Waals surface area contributed by atoms with E-state index >= 15 is 0 Å². The summed E-state index contributed by atoms with van der Waals surface area (Å²) in [6.45, 7) is 0. The zero-order chi connectivity index (χ0) is 12.3. The first-order chi connectivity index (χ1) is 8.24. The summed E-state index contributed by atoms with van der Waals surface area (Å²) in [5.74, 6) is 1.58. The minimum absolute atomic E-state index is 0.392. The predicted octanol–water partition coefficient (Wildman–Crippen LogP) is 3.24. The molecule has 3 heteroatoms. The summed E-state index contributed by atoms with van der Waals surface area (Å²) < 4.78 is 5.19. The third-order valence-corrected chi connectivity index (χ3v) is 3.43. The van der Waals surface area contributed by atoms with Crippen molar-refractivity contribution < 1.29 is 9.84 Å². The van der Waals surface area contributed by atoms with Gasteiger partial charge in [0.05, 0.1) is 13.2 Å². The molecule has 1 atom stereocenters. The minimum atomic E-state index is -0.392. The van der Waals surface area contributed by atoms with Crippen LogP contribution in [0.2, 0.25) is 0 Å². The molecule has 17 heavy (non-hydrogen) atoms. The monoisotopic (exact) mass is 248 g/mol. The fraction of sp³-hybridized carbons (Fsp3) is 0.286. The number of ether oxygens (including phenoxy) is 1. The molecule has 0 spiro atoms. The van der Waals surface area contributed by atoms with Gasteiger partial charge in [-0.3, -0.25) is 0 Å². The van der Waals surface area contributed by atoms with Crippen molar-refractivity contribution in [2.75, 3.05) is 19.1 Å². The third kappa shape index (κ3) is 2.73. The summed E-state index contributed by atoms with van der Waals surface area (Å²) in [7, 11) is 1.66. The molecule has 2 aromatic carbocycles. The third-order valence-electron chi connectivity index (χ3n) is 2.78. The quantitative estimate of drug-likeness (QED) is 0.900. The van der Waals surface area contributed by atoms with Gasteiger partial charge in [-0.1, -0.05) is 18.2 Å². The lowest BCUT2D eigenvalue weighted by Crippen LogP contribution is -1.99. The topological polar surface area (TPSA) is 29.5 Å². The van der Waals surface area contributed by atoms with Crippen molar-refractivity contribution in [3.8, 4) is 5.75 Å².